The maximum Gasteiger partial charge on any atom is 0.407 e. The fourth-order valence-corrected chi connectivity index (χ4v) is 4.81. The first-order chi connectivity index (χ1) is 17.5. The van der Waals surface area contributed by atoms with E-state index < -0.39 is 18.1 Å². The molecular weight excluding hydrogens is 457 g/mol. The molecule has 0 spiro atoms. The number of amides is 1. The molecule has 2 N–H and O–H groups in total. The molecule has 4 aromatic carbocycles. The van der Waals surface area contributed by atoms with Crippen LogP contribution in [0.25, 0.3) is 22.3 Å². The second-order valence-corrected chi connectivity index (χ2v) is 8.73. The van der Waals surface area contributed by atoms with E-state index in [4.69, 9.17) is 4.74 Å². The third-order valence-electron chi connectivity index (χ3n) is 6.53. The van der Waals surface area contributed by atoms with Gasteiger partial charge in [0.15, 0.2) is 0 Å². The van der Waals surface area contributed by atoms with Crippen LogP contribution in [-0.4, -0.2) is 29.8 Å². The number of carbonyl (C=O) groups excluding carboxylic acids is 1. The quantitative estimate of drug-likeness (QED) is 0.338. The van der Waals surface area contributed by atoms with Gasteiger partial charge in [0.1, 0.15) is 18.5 Å². The summed E-state index contributed by atoms with van der Waals surface area (Å²) in [6.07, 6.45) is -0.740. The van der Waals surface area contributed by atoms with E-state index in [1.54, 1.807) is 24.3 Å². The molecule has 0 fully saturated rings. The van der Waals surface area contributed by atoms with Crippen LogP contribution >= 0.6 is 0 Å². The molecule has 0 saturated heterocycles. The Morgan fingerprint density at radius 1 is 0.806 bits per heavy atom. The monoisotopic (exact) mass is 481 g/mol. The molecule has 0 heterocycles. The third kappa shape index (κ3) is 4.70. The Morgan fingerprint density at radius 2 is 1.36 bits per heavy atom. The van der Waals surface area contributed by atoms with Crippen LogP contribution in [0.3, 0.4) is 0 Å². The van der Waals surface area contributed by atoms with Crippen molar-refractivity contribution < 1.29 is 23.8 Å². The number of halogens is 1. The van der Waals surface area contributed by atoms with Crippen molar-refractivity contribution in [3.8, 4) is 22.3 Å². The van der Waals surface area contributed by atoms with E-state index in [1.807, 2.05) is 60.7 Å². The average Bonchev–Trinajstić information content (AvgIpc) is 3.21. The van der Waals surface area contributed by atoms with Crippen molar-refractivity contribution in [1.29, 1.82) is 0 Å². The Morgan fingerprint density at radius 3 is 1.97 bits per heavy atom. The number of fused-ring (bicyclic) bond motifs is 3. The molecule has 0 aromatic heterocycles. The number of alkyl carbamates (subject to hydrolysis) is 1. The van der Waals surface area contributed by atoms with Gasteiger partial charge in [-0.2, -0.15) is 0 Å². The molecule has 1 unspecified atom stereocenters. The lowest BCUT2D eigenvalue weighted by Crippen LogP contribution is -2.43. The van der Waals surface area contributed by atoms with Crippen LogP contribution < -0.4 is 5.32 Å². The first kappa shape index (κ1) is 23.3. The van der Waals surface area contributed by atoms with Crippen molar-refractivity contribution in [3.63, 3.8) is 0 Å². The van der Waals surface area contributed by atoms with Gasteiger partial charge < -0.3 is 15.2 Å². The minimum atomic E-state index is -1.19. The molecular formula is C30H24FNO4. The second-order valence-electron chi connectivity index (χ2n) is 8.73. The van der Waals surface area contributed by atoms with Crippen LogP contribution in [0, 0.1) is 5.82 Å². The van der Waals surface area contributed by atoms with Crippen LogP contribution in [0.1, 0.15) is 22.6 Å². The zero-order valence-electron chi connectivity index (χ0n) is 19.4. The van der Waals surface area contributed by atoms with E-state index in [0.29, 0.717) is 0 Å². The molecule has 4 aromatic rings. The van der Waals surface area contributed by atoms with Crippen LogP contribution in [0.5, 0.6) is 0 Å². The highest BCUT2D eigenvalue weighted by molar-refractivity contribution is 5.82. The summed E-state index contributed by atoms with van der Waals surface area (Å²) in [5.74, 6) is -1.64. The molecule has 5 nitrogen and oxygen atoms in total. The molecule has 0 radical (unpaired) electrons. The Labute approximate surface area is 208 Å². The van der Waals surface area contributed by atoms with Crippen molar-refractivity contribution in [1.82, 2.24) is 5.32 Å². The minimum absolute atomic E-state index is 0.0487. The summed E-state index contributed by atoms with van der Waals surface area (Å²) >= 11 is 0. The van der Waals surface area contributed by atoms with Crippen molar-refractivity contribution in [2.75, 3.05) is 6.61 Å². The maximum atomic E-state index is 13.4. The summed E-state index contributed by atoms with van der Waals surface area (Å²) < 4.78 is 18.9. The molecule has 0 saturated carbocycles. The normalized spacial score (nSPS) is 12.9. The van der Waals surface area contributed by atoms with Crippen LogP contribution in [-0.2, 0) is 16.0 Å². The summed E-state index contributed by atoms with van der Waals surface area (Å²) in [6, 6.07) is 28.1. The standard InChI is InChI=1S/C30H24FNO4/c31-21-15-13-19(14-16-21)22-8-2-1-7-20(22)17-28(29(33)34)32-30(35)36-18-27-25-11-5-3-9-23(25)24-10-4-6-12-26(24)27/h1-16,27-28H,17-18H2,(H,32,35)(H,33,34). The average molecular weight is 482 g/mol. The number of carboxylic acids is 1. The topological polar surface area (TPSA) is 75.6 Å². The molecule has 5 rings (SSSR count). The fourth-order valence-electron chi connectivity index (χ4n) is 4.81. The molecule has 180 valence electrons. The molecule has 1 aliphatic rings. The van der Waals surface area contributed by atoms with Gasteiger partial charge >= 0.3 is 12.1 Å². The smallest absolute Gasteiger partial charge is 0.407 e. The second kappa shape index (κ2) is 10.0. The number of hydrogen-bond donors (Lipinski definition) is 2. The molecule has 1 aliphatic carbocycles. The zero-order valence-corrected chi connectivity index (χ0v) is 19.4. The van der Waals surface area contributed by atoms with Gasteiger partial charge in [-0.25, -0.2) is 14.0 Å². The molecule has 0 aliphatic heterocycles. The molecule has 36 heavy (non-hydrogen) atoms. The van der Waals surface area contributed by atoms with Gasteiger partial charge in [0, 0.05) is 12.3 Å². The molecule has 6 heteroatoms. The van der Waals surface area contributed by atoms with Crippen molar-refractivity contribution in [2.45, 2.75) is 18.4 Å². The highest BCUT2D eigenvalue weighted by Gasteiger charge is 2.30. The van der Waals surface area contributed by atoms with Gasteiger partial charge in [-0.1, -0.05) is 84.9 Å². The summed E-state index contributed by atoms with van der Waals surface area (Å²) in [7, 11) is 0. The van der Waals surface area contributed by atoms with Crippen molar-refractivity contribution >= 4 is 12.1 Å². The Bertz CT molecular complexity index is 1370. The number of aliphatic carboxylic acids is 1. The van der Waals surface area contributed by atoms with E-state index in [1.165, 1.54) is 12.1 Å². The van der Waals surface area contributed by atoms with E-state index in [9.17, 15) is 19.1 Å². The minimum Gasteiger partial charge on any atom is -0.480 e. The lowest BCUT2D eigenvalue weighted by molar-refractivity contribution is -0.139. The third-order valence-corrected chi connectivity index (χ3v) is 6.53. The lowest BCUT2D eigenvalue weighted by Gasteiger charge is -2.19. The predicted octanol–water partition coefficient (Wildman–Crippen LogP) is 6.03. The summed E-state index contributed by atoms with van der Waals surface area (Å²) in [6.45, 7) is 0.0956. The van der Waals surface area contributed by atoms with Gasteiger partial charge in [0.2, 0.25) is 0 Å². The highest BCUT2D eigenvalue weighted by atomic mass is 19.1. The summed E-state index contributed by atoms with van der Waals surface area (Å²) in [4.78, 5) is 24.7. The van der Waals surface area contributed by atoms with E-state index in [0.717, 1.165) is 38.9 Å². The van der Waals surface area contributed by atoms with E-state index in [2.05, 4.69) is 5.32 Å². The summed E-state index contributed by atoms with van der Waals surface area (Å²) in [5, 5.41) is 12.3. The number of carboxylic acid groups (broad SMARTS) is 1. The Hall–Kier alpha value is -4.45. The van der Waals surface area contributed by atoms with Gasteiger partial charge in [0.25, 0.3) is 0 Å². The maximum absolute atomic E-state index is 13.4. The Kier molecular flexibility index (Phi) is 6.50. The molecule has 0 bridgehead atoms. The van der Waals surface area contributed by atoms with Crippen LogP contribution in [0.15, 0.2) is 97.1 Å². The van der Waals surface area contributed by atoms with Crippen LogP contribution in [0.2, 0.25) is 0 Å². The number of ether oxygens (including phenoxy) is 1. The van der Waals surface area contributed by atoms with E-state index in [-0.39, 0.29) is 24.8 Å². The van der Waals surface area contributed by atoms with E-state index >= 15 is 0 Å². The lowest BCUT2D eigenvalue weighted by atomic mass is 9.95. The largest absolute Gasteiger partial charge is 0.480 e. The first-order valence-corrected chi connectivity index (χ1v) is 11.7. The number of nitrogens with one attached hydrogen (secondary N) is 1. The van der Waals surface area contributed by atoms with Crippen molar-refractivity contribution in [3.05, 3.63) is 120 Å². The molecule has 1 amide bonds. The number of carbonyl (C=O) groups is 2. The number of hydrogen-bond acceptors (Lipinski definition) is 3. The highest BCUT2D eigenvalue weighted by Crippen LogP contribution is 2.44. The predicted molar refractivity (Wildman–Crippen MR) is 135 cm³/mol. The Balaban J connectivity index is 1.29. The number of benzene rings is 4. The number of rotatable bonds is 7. The SMILES string of the molecule is O=C(NC(Cc1ccccc1-c1ccc(F)cc1)C(=O)O)OCC1c2ccccc2-c2ccccc21. The van der Waals surface area contributed by atoms with Gasteiger partial charge in [-0.05, 0) is 51.1 Å². The van der Waals surface area contributed by atoms with Crippen molar-refractivity contribution in [2.24, 2.45) is 0 Å². The first-order valence-electron chi connectivity index (χ1n) is 11.7. The van der Waals surface area contributed by atoms with Gasteiger partial charge in [0.05, 0.1) is 0 Å². The molecule has 1 atom stereocenters. The van der Waals surface area contributed by atoms with Crippen LogP contribution in [0.4, 0.5) is 9.18 Å². The van der Waals surface area contributed by atoms with Gasteiger partial charge in [-0.15, -0.1) is 0 Å². The van der Waals surface area contributed by atoms with Gasteiger partial charge in [-0.3, -0.25) is 0 Å². The summed E-state index contributed by atoms with van der Waals surface area (Å²) in [5.41, 5.74) is 6.64. The fraction of sp³-hybridized carbons (Fsp3) is 0.133. The zero-order chi connectivity index (χ0) is 25.1.